The third-order valence-electron chi connectivity index (χ3n) is 2.86. The summed E-state index contributed by atoms with van der Waals surface area (Å²) in [6.07, 6.45) is 0. The van der Waals surface area contributed by atoms with Crippen molar-refractivity contribution in [3.63, 3.8) is 0 Å². The fourth-order valence-corrected chi connectivity index (χ4v) is 1.87. The third-order valence-corrected chi connectivity index (χ3v) is 2.86. The van der Waals surface area contributed by atoms with Gasteiger partial charge in [-0.25, -0.2) is 0 Å². The number of aryl methyl sites for hydroxylation is 1. The van der Waals surface area contributed by atoms with Crippen molar-refractivity contribution in [2.45, 2.75) is 13.8 Å². The predicted octanol–water partition coefficient (Wildman–Crippen LogP) is 2.57. The number of methoxy groups -OCH3 is 1. The Labute approximate surface area is 89.6 Å². The highest BCUT2D eigenvalue weighted by Crippen LogP contribution is 2.47. The highest BCUT2D eigenvalue weighted by atomic mass is 16.5. The Kier molecular flexibility index (Phi) is 2.35. The van der Waals surface area contributed by atoms with Crippen LogP contribution in [0.1, 0.15) is 18.1 Å². The van der Waals surface area contributed by atoms with E-state index in [0.717, 1.165) is 16.7 Å². The van der Waals surface area contributed by atoms with E-state index in [9.17, 15) is 4.79 Å². The molecule has 0 saturated heterocycles. The molecule has 1 aliphatic rings. The largest absolute Gasteiger partial charge is 0.468 e. The summed E-state index contributed by atoms with van der Waals surface area (Å²) in [7, 11) is 1.43. The second-order valence-electron chi connectivity index (χ2n) is 3.92. The number of carbonyl (C=O) groups excluding carboxylic acids is 1. The lowest BCUT2D eigenvalue weighted by Gasteiger charge is -1.99. The van der Waals surface area contributed by atoms with Gasteiger partial charge in [-0.2, -0.15) is 0 Å². The van der Waals surface area contributed by atoms with Crippen molar-refractivity contribution >= 4 is 11.5 Å². The summed E-state index contributed by atoms with van der Waals surface area (Å²) in [5, 5.41) is 0. The Morgan fingerprint density at radius 2 is 1.80 bits per heavy atom. The molecule has 1 atom stereocenters. The van der Waals surface area contributed by atoms with Gasteiger partial charge in [0.1, 0.15) is 5.92 Å². The number of benzene rings is 1. The molecule has 0 fully saturated rings. The monoisotopic (exact) mass is 202 g/mol. The molecule has 1 aliphatic carbocycles. The molecule has 2 rings (SSSR count). The topological polar surface area (TPSA) is 26.3 Å². The Morgan fingerprint density at radius 3 is 2.33 bits per heavy atom. The molecule has 0 radical (unpaired) electrons. The quantitative estimate of drug-likeness (QED) is 0.689. The van der Waals surface area contributed by atoms with E-state index in [1.807, 2.05) is 6.92 Å². The first kappa shape index (κ1) is 9.97. The SMILES string of the molecule is COC(=O)C1C(C)=C1c1ccc(C)cc1. The smallest absolute Gasteiger partial charge is 0.317 e. The Balaban J connectivity index is 2.21. The van der Waals surface area contributed by atoms with Crippen molar-refractivity contribution in [1.82, 2.24) is 0 Å². The first-order valence-electron chi connectivity index (χ1n) is 5.00. The first-order chi connectivity index (χ1) is 7.15. The van der Waals surface area contributed by atoms with Gasteiger partial charge in [0.15, 0.2) is 0 Å². The van der Waals surface area contributed by atoms with E-state index in [1.165, 1.54) is 12.7 Å². The molecule has 2 nitrogen and oxygen atoms in total. The molecule has 0 spiro atoms. The minimum absolute atomic E-state index is 0.0993. The number of esters is 1. The second kappa shape index (κ2) is 3.54. The average Bonchev–Trinajstić information content (AvgIpc) is 2.90. The molecule has 1 unspecified atom stereocenters. The van der Waals surface area contributed by atoms with Crippen LogP contribution in [0.15, 0.2) is 29.8 Å². The van der Waals surface area contributed by atoms with Crippen LogP contribution >= 0.6 is 0 Å². The standard InChI is InChI=1S/C13H14O2/c1-8-4-6-10(7-5-8)11-9(2)12(11)13(14)15-3/h4-7,12H,1-3H3. The van der Waals surface area contributed by atoms with Gasteiger partial charge in [-0.3, -0.25) is 4.79 Å². The molecule has 0 saturated carbocycles. The molecular weight excluding hydrogens is 188 g/mol. The van der Waals surface area contributed by atoms with Crippen LogP contribution in [0.25, 0.3) is 5.57 Å². The van der Waals surface area contributed by atoms with Gasteiger partial charge in [0, 0.05) is 0 Å². The predicted molar refractivity (Wildman–Crippen MR) is 59.3 cm³/mol. The van der Waals surface area contributed by atoms with Crippen molar-refractivity contribution in [2.75, 3.05) is 7.11 Å². The van der Waals surface area contributed by atoms with Gasteiger partial charge >= 0.3 is 5.97 Å². The molecule has 0 aliphatic heterocycles. The molecule has 78 valence electrons. The lowest BCUT2D eigenvalue weighted by atomic mass is 10.1. The Bertz CT molecular complexity index is 426. The normalized spacial score (nSPS) is 19.0. The van der Waals surface area contributed by atoms with Crippen molar-refractivity contribution in [3.05, 3.63) is 41.0 Å². The van der Waals surface area contributed by atoms with Crippen LogP contribution in [0.2, 0.25) is 0 Å². The van der Waals surface area contributed by atoms with Crippen LogP contribution in [0.4, 0.5) is 0 Å². The summed E-state index contributed by atoms with van der Waals surface area (Å²) in [6, 6.07) is 8.22. The van der Waals surface area contributed by atoms with Crippen LogP contribution < -0.4 is 0 Å². The van der Waals surface area contributed by atoms with Crippen LogP contribution in [0.3, 0.4) is 0 Å². The lowest BCUT2D eigenvalue weighted by Crippen LogP contribution is -2.05. The van der Waals surface area contributed by atoms with E-state index in [4.69, 9.17) is 4.74 Å². The summed E-state index contributed by atoms with van der Waals surface area (Å²) >= 11 is 0. The highest BCUT2D eigenvalue weighted by molar-refractivity contribution is 6.03. The summed E-state index contributed by atoms with van der Waals surface area (Å²) in [6.45, 7) is 4.03. The molecular formula is C13H14O2. The molecule has 0 heterocycles. The Morgan fingerprint density at radius 1 is 1.20 bits per heavy atom. The van der Waals surface area contributed by atoms with Gasteiger partial charge in [0.25, 0.3) is 0 Å². The maximum atomic E-state index is 11.4. The maximum absolute atomic E-state index is 11.4. The lowest BCUT2D eigenvalue weighted by molar-refractivity contribution is -0.141. The van der Waals surface area contributed by atoms with Crippen molar-refractivity contribution in [3.8, 4) is 0 Å². The van der Waals surface area contributed by atoms with Gasteiger partial charge in [-0.15, -0.1) is 0 Å². The summed E-state index contributed by atoms with van der Waals surface area (Å²) in [5.41, 5.74) is 4.62. The molecule has 2 heteroatoms. The fourth-order valence-electron chi connectivity index (χ4n) is 1.87. The van der Waals surface area contributed by atoms with Crippen molar-refractivity contribution < 1.29 is 9.53 Å². The minimum Gasteiger partial charge on any atom is -0.468 e. The van der Waals surface area contributed by atoms with Crippen molar-refractivity contribution in [1.29, 1.82) is 0 Å². The van der Waals surface area contributed by atoms with Crippen LogP contribution in [-0.2, 0) is 9.53 Å². The number of rotatable bonds is 2. The van der Waals surface area contributed by atoms with Gasteiger partial charge in [0.05, 0.1) is 7.11 Å². The zero-order chi connectivity index (χ0) is 11.0. The maximum Gasteiger partial charge on any atom is 0.317 e. The summed E-state index contributed by atoms with van der Waals surface area (Å²) < 4.78 is 4.74. The third kappa shape index (κ3) is 1.67. The number of hydrogen-bond donors (Lipinski definition) is 0. The van der Waals surface area contributed by atoms with E-state index < -0.39 is 0 Å². The van der Waals surface area contributed by atoms with Gasteiger partial charge in [0.2, 0.25) is 0 Å². The van der Waals surface area contributed by atoms with Crippen LogP contribution in [0, 0.1) is 12.8 Å². The summed E-state index contributed by atoms with van der Waals surface area (Å²) in [4.78, 5) is 11.4. The fraction of sp³-hybridized carbons (Fsp3) is 0.308. The molecule has 1 aromatic rings. The molecule has 0 bridgehead atoms. The number of hydrogen-bond acceptors (Lipinski definition) is 2. The van der Waals surface area contributed by atoms with E-state index in [2.05, 4.69) is 31.2 Å². The first-order valence-corrected chi connectivity index (χ1v) is 5.00. The van der Waals surface area contributed by atoms with Crippen LogP contribution in [0.5, 0.6) is 0 Å². The summed E-state index contributed by atoms with van der Waals surface area (Å²) in [5.74, 6) is -0.249. The van der Waals surface area contributed by atoms with Crippen molar-refractivity contribution in [2.24, 2.45) is 5.92 Å². The molecule has 1 aromatic carbocycles. The second-order valence-corrected chi connectivity index (χ2v) is 3.92. The molecule has 0 amide bonds. The Hall–Kier alpha value is -1.57. The van der Waals surface area contributed by atoms with E-state index in [0.29, 0.717) is 0 Å². The average molecular weight is 202 g/mol. The zero-order valence-electron chi connectivity index (χ0n) is 9.20. The van der Waals surface area contributed by atoms with Gasteiger partial charge in [-0.05, 0) is 30.6 Å². The van der Waals surface area contributed by atoms with E-state index in [-0.39, 0.29) is 11.9 Å². The number of carbonyl (C=O) groups is 1. The van der Waals surface area contributed by atoms with E-state index in [1.54, 1.807) is 0 Å². The molecule has 0 N–H and O–H groups in total. The van der Waals surface area contributed by atoms with Gasteiger partial charge in [-0.1, -0.05) is 29.8 Å². The molecule has 15 heavy (non-hydrogen) atoms. The van der Waals surface area contributed by atoms with Crippen LogP contribution in [-0.4, -0.2) is 13.1 Å². The molecule has 0 aromatic heterocycles. The minimum atomic E-state index is -0.150. The van der Waals surface area contributed by atoms with Gasteiger partial charge < -0.3 is 4.74 Å². The number of ether oxygens (including phenoxy) is 1. The van der Waals surface area contributed by atoms with E-state index >= 15 is 0 Å². The highest BCUT2D eigenvalue weighted by Gasteiger charge is 2.40. The zero-order valence-corrected chi connectivity index (χ0v) is 9.20.